The maximum absolute atomic E-state index is 12.0. The van der Waals surface area contributed by atoms with Gasteiger partial charge in [0.1, 0.15) is 5.60 Å². The van der Waals surface area contributed by atoms with Gasteiger partial charge >= 0.3 is 6.09 Å². The summed E-state index contributed by atoms with van der Waals surface area (Å²) in [5.74, 6) is 0.0808. The van der Waals surface area contributed by atoms with Gasteiger partial charge in [-0.15, -0.1) is 0 Å². The third-order valence-corrected chi connectivity index (χ3v) is 2.96. The minimum absolute atomic E-state index is 0.0579. The second-order valence-corrected chi connectivity index (χ2v) is 5.59. The number of amides is 2. The van der Waals surface area contributed by atoms with E-state index < -0.39 is 5.60 Å². The number of hydrogen-bond acceptors (Lipinski definition) is 3. The molecule has 1 fully saturated rings. The number of likely N-dealkylation sites (tertiary alicyclic amines) is 1. The second-order valence-electron chi connectivity index (χ2n) is 5.59. The predicted octanol–water partition coefficient (Wildman–Crippen LogP) is 1.72. The normalized spacial score (nSPS) is 16.2. The first-order valence-corrected chi connectivity index (χ1v) is 6.55. The average Bonchev–Trinajstić information content (AvgIpc) is 2.14. The summed E-state index contributed by atoms with van der Waals surface area (Å²) in [6.45, 7) is 11.8. The third kappa shape index (κ3) is 3.62. The molecule has 1 aliphatic heterocycles. The Morgan fingerprint density at radius 2 is 1.72 bits per heavy atom. The summed E-state index contributed by atoms with van der Waals surface area (Å²) in [6.07, 6.45) is -0.328. The highest BCUT2D eigenvalue weighted by Crippen LogP contribution is 2.21. The van der Waals surface area contributed by atoms with E-state index in [-0.39, 0.29) is 17.9 Å². The topological polar surface area (TPSA) is 49.9 Å². The van der Waals surface area contributed by atoms with Crippen molar-refractivity contribution in [3.05, 3.63) is 0 Å². The smallest absolute Gasteiger partial charge is 0.410 e. The fourth-order valence-electron chi connectivity index (χ4n) is 1.90. The Morgan fingerprint density at radius 1 is 1.22 bits per heavy atom. The fraction of sp³-hybridized carbons (Fsp3) is 0.846. The van der Waals surface area contributed by atoms with Crippen molar-refractivity contribution in [3.63, 3.8) is 0 Å². The van der Waals surface area contributed by atoms with Gasteiger partial charge in [0.2, 0.25) is 5.91 Å². The van der Waals surface area contributed by atoms with Crippen LogP contribution >= 0.6 is 0 Å². The molecule has 1 rings (SSSR count). The molecule has 0 aromatic heterocycles. The van der Waals surface area contributed by atoms with Crippen LogP contribution < -0.4 is 0 Å². The van der Waals surface area contributed by atoms with Gasteiger partial charge in [-0.2, -0.15) is 0 Å². The number of ether oxygens (including phenoxy) is 1. The molecule has 0 atom stereocenters. The molecule has 0 aromatic carbocycles. The maximum atomic E-state index is 12.0. The van der Waals surface area contributed by atoms with Gasteiger partial charge in [0.25, 0.3) is 0 Å². The highest BCUT2D eigenvalue weighted by atomic mass is 16.6. The van der Waals surface area contributed by atoms with E-state index in [1.165, 1.54) is 0 Å². The standard InChI is InChI=1S/C13H24N2O3/c1-6-14(7-2)11(16)10-8-15(9-10)12(17)18-13(3,4)5/h10H,6-9H2,1-5H3. The number of carbonyl (C=O) groups excluding carboxylic acids is 2. The van der Waals surface area contributed by atoms with Crippen LogP contribution in [-0.4, -0.2) is 53.6 Å². The Balaban J connectivity index is 2.40. The summed E-state index contributed by atoms with van der Waals surface area (Å²) in [5.41, 5.74) is -0.481. The molecule has 104 valence electrons. The van der Waals surface area contributed by atoms with Crippen LogP contribution in [0.4, 0.5) is 4.79 Å². The van der Waals surface area contributed by atoms with Gasteiger partial charge in [-0.1, -0.05) is 0 Å². The molecular weight excluding hydrogens is 232 g/mol. The van der Waals surface area contributed by atoms with Crippen molar-refractivity contribution in [2.24, 2.45) is 5.92 Å². The Hall–Kier alpha value is -1.26. The van der Waals surface area contributed by atoms with E-state index in [0.29, 0.717) is 13.1 Å². The molecule has 0 N–H and O–H groups in total. The number of nitrogens with zero attached hydrogens (tertiary/aromatic N) is 2. The van der Waals surface area contributed by atoms with Crippen molar-refractivity contribution in [2.45, 2.75) is 40.2 Å². The molecule has 5 nitrogen and oxygen atoms in total. The monoisotopic (exact) mass is 256 g/mol. The lowest BCUT2D eigenvalue weighted by Crippen LogP contribution is -2.57. The molecule has 0 radical (unpaired) electrons. The van der Waals surface area contributed by atoms with E-state index in [1.807, 2.05) is 34.6 Å². The first-order chi connectivity index (χ1) is 8.28. The first-order valence-electron chi connectivity index (χ1n) is 6.55. The van der Waals surface area contributed by atoms with Crippen molar-refractivity contribution >= 4 is 12.0 Å². The molecular formula is C13H24N2O3. The summed E-state index contributed by atoms with van der Waals surface area (Å²) >= 11 is 0. The van der Waals surface area contributed by atoms with Gasteiger partial charge in [-0.25, -0.2) is 4.79 Å². The molecule has 0 aliphatic carbocycles. The first kappa shape index (κ1) is 14.8. The lowest BCUT2D eigenvalue weighted by Gasteiger charge is -2.40. The van der Waals surface area contributed by atoms with E-state index >= 15 is 0 Å². The Bertz CT molecular complexity index is 313. The summed E-state index contributed by atoms with van der Waals surface area (Å²) in [7, 11) is 0. The molecule has 0 saturated carbocycles. The lowest BCUT2D eigenvalue weighted by molar-refractivity contribution is -0.140. The van der Waals surface area contributed by atoms with Crippen LogP contribution in [0.25, 0.3) is 0 Å². The van der Waals surface area contributed by atoms with Gasteiger partial charge in [0.15, 0.2) is 0 Å². The van der Waals surface area contributed by atoms with E-state index in [0.717, 1.165) is 13.1 Å². The number of hydrogen-bond donors (Lipinski definition) is 0. The molecule has 0 bridgehead atoms. The van der Waals surface area contributed by atoms with Crippen LogP contribution in [0, 0.1) is 5.92 Å². The van der Waals surface area contributed by atoms with Crippen molar-refractivity contribution in [1.29, 1.82) is 0 Å². The second kappa shape index (κ2) is 5.59. The predicted molar refractivity (Wildman–Crippen MR) is 69.2 cm³/mol. The van der Waals surface area contributed by atoms with Crippen molar-refractivity contribution < 1.29 is 14.3 Å². The molecule has 0 unspecified atom stereocenters. The minimum atomic E-state index is -0.481. The van der Waals surface area contributed by atoms with E-state index in [9.17, 15) is 9.59 Å². The van der Waals surface area contributed by atoms with Crippen molar-refractivity contribution in [3.8, 4) is 0 Å². The van der Waals surface area contributed by atoms with E-state index in [1.54, 1.807) is 9.80 Å². The van der Waals surface area contributed by atoms with E-state index in [4.69, 9.17) is 4.74 Å². The Kier molecular flexibility index (Phi) is 4.59. The summed E-state index contributed by atoms with van der Waals surface area (Å²) < 4.78 is 5.24. The highest BCUT2D eigenvalue weighted by molar-refractivity contribution is 5.82. The number of carbonyl (C=O) groups is 2. The Morgan fingerprint density at radius 3 is 2.11 bits per heavy atom. The SMILES string of the molecule is CCN(CC)C(=O)C1CN(C(=O)OC(C)(C)C)C1. The molecule has 5 heteroatoms. The highest BCUT2D eigenvalue weighted by Gasteiger charge is 2.39. The molecule has 18 heavy (non-hydrogen) atoms. The number of rotatable bonds is 3. The largest absolute Gasteiger partial charge is 0.444 e. The van der Waals surface area contributed by atoms with Crippen LogP contribution in [-0.2, 0) is 9.53 Å². The zero-order chi connectivity index (χ0) is 13.9. The Labute approximate surface area is 109 Å². The molecule has 1 aliphatic rings. The average molecular weight is 256 g/mol. The summed E-state index contributed by atoms with van der Waals surface area (Å²) in [5, 5.41) is 0. The fourth-order valence-corrected chi connectivity index (χ4v) is 1.90. The van der Waals surface area contributed by atoms with Crippen LogP contribution in [0.1, 0.15) is 34.6 Å². The zero-order valence-corrected chi connectivity index (χ0v) is 12.0. The van der Waals surface area contributed by atoms with Gasteiger partial charge in [-0.05, 0) is 34.6 Å². The third-order valence-electron chi connectivity index (χ3n) is 2.96. The van der Waals surface area contributed by atoms with Gasteiger partial charge in [0.05, 0.1) is 5.92 Å². The lowest BCUT2D eigenvalue weighted by atomic mass is 9.99. The van der Waals surface area contributed by atoms with Crippen LogP contribution in [0.15, 0.2) is 0 Å². The zero-order valence-electron chi connectivity index (χ0n) is 12.0. The van der Waals surface area contributed by atoms with Gasteiger partial charge in [0, 0.05) is 26.2 Å². The van der Waals surface area contributed by atoms with Gasteiger partial charge in [-0.3, -0.25) is 4.79 Å². The van der Waals surface area contributed by atoms with Gasteiger partial charge < -0.3 is 14.5 Å². The minimum Gasteiger partial charge on any atom is -0.444 e. The van der Waals surface area contributed by atoms with Crippen molar-refractivity contribution in [1.82, 2.24) is 9.80 Å². The van der Waals surface area contributed by atoms with Crippen LogP contribution in [0.5, 0.6) is 0 Å². The van der Waals surface area contributed by atoms with Crippen LogP contribution in [0.3, 0.4) is 0 Å². The molecule has 2 amide bonds. The molecule has 0 spiro atoms. The van der Waals surface area contributed by atoms with E-state index in [2.05, 4.69) is 0 Å². The molecule has 0 aromatic rings. The summed E-state index contributed by atoms with van der Waals surface area (Å²) in [6, 6.07) is 0. The van der Waals surface area contributed by atoms with Crippen molar-refractivity contribution in [2.75, 3.05) is 26.2 Å². The molecule has 1 heterocycles. The summed E-state index contributed by atoms with van der Waals surface area (Å²) in [4.78, 5) is 27.1. The maximum Gasteiger partial charge on any atom is 0.410 e. The molecule has 1 saturated heterocycles. The van der Waals surface area contributed by atoms with Crippen LogP contribution in [0.2, 0.25) is 0 Å². The quantitative estimate of drug-likeness (QED) is 0.772.